The minimum Gasteiger partial charge on any atom is -0.469 e. The van der Waals surface area contributed by atoms with Crippen LogP contribution in [0.15, 0.2) is 12.4 Å². The Bertz CT molecular complexity index is 554. The Labute approximate surface area is 149 Å². The SMILES string of the molecule is COC(=O)CCn1cc(CN2CCC(N3CCC[C@H](O)C3)CC2)cn1. The van der Waals surface area contributed by atoms with E-state index in [1.54, 1.807) is 0 Å². The van der Waals surface area contributed by atoms with Crippen LogP contribution < -0.4 is 0 Å². The standard InChI is InChI=1S/C18H30N4O3/c1-25-18(24)6-10-22-13-15(11-19-22)12-20-8-4-16(5-9-20)21-7-2-3-17(23)14-21/h11,13,16-17,23H,2-10,12,14H2,1H3/t17-/m0/s1. The van der Waals surface area contributed by atoms with Gasteiger partial charge in [-0.05, 0) is 45.3 Å². The van der Waals surface area contributed by atoms with Crippen molar-refractivity contribution in [3.05, 3.63) is 18.0 Å². The fraction of sp³-hybridized carbons (Fsp3) is 0.778. The molecule has 25 heavy (non-hydrogen) atoms. The molecule has 2 saturated heterocycles. The summed E-state index contributed by atoms with van der Waals surface area (Å²) >= 11 is 0. The highest BCUT2D eigenvalue weighted by Crippen LogP contribution is 2.22. The summed E-state index contributed by atoms with van der Waals surface area (Å²) in [4.78, 5) is 16.2. The molecule has 7 heteroatoms. The second-order valence-corrected chi connectivity index (χ2v) is 7.24. The third kappa shape index (κ3) is 5.26. The molecule has 1 atom stereocenters. The molecule has 7 nitrogen and oxygen atoms in total. The summed E-state index contributed by atoms with van der Waals surface area (Å²) in [6.45, 7) is 5.63. The molecule has 140 valence electrons. The molecule has 2 aliphatic heterocycles. The number of carbonyl (C=O) groups excluding carboxylic acids is 1. The van der Waals surface area contributed by atoms with Gasteiger partial charge in [0.15, 0.2) is 0 Å². The van der Waals surface area contributed by atoms with Crippen LogP contribution in [-0.2, 0) is 22.6 Å². The highest BCUT2D eigenvalue weighted by atomic mass is 16.5. The van der Waals surface area contributed by atoms with Crippen molar-refractivity contribution < 1.29 is 14.6 Å². The third-order valence-electron chi connectivity index (χ3n) is 5.37. The number of hydrogen-bond acceptors (Lipinski definition) is 6. The first-order valence-electron chi connectivity index (χ1n) is 9.36. The molecule has 0 bridgehead atoms. The highest BCUT2D eigenvalue weighted by molar-refractivity contribution is 5.68. The first-order chi connectivity index (χ1) is 12.1. The van der Waals surface area contributed by atoms with E-state index in [-0.39, 0.29) is 12.1 Å². The van der Waals surface area contributed by atoms with Crippen molar-refractivity contribution in [1.29, 1.82) is 0 Å². The Hall–Kier alpha value is -1.44. The number of carbonyl (C=O) groups is 1. The summed E-state index contributed by atoms with van der Waals surface area (Å²) in [5, 5.41) is 14.2. The van der Waals surface area contributed by atoms with Gasteiger partial charge in [0.1, 0.15) is 0 Å². The zero-order valence-electron chi connectivity index (χ0n) is 15.1. The molecule has 1 N–H and O–H groups in total. The first kappa shape index (κ1) is 18.4. The normalized spacial score (nSPS) is 23.7. The van der Waals surface area contributed by atoms with E-state index in [1.165, 1.54) is 25.5 Å². The van der Waals surface area contributed by atoms with Crippen molar-refractivity contribution in [2.45, 2.75) is 57.3 Å². The van der Waals surface area contributed by atoms with Crippen LogP contribution in [0.4, 0.5) is 0 Å². The number of methoxy groups -OCH3 is 1. The molecule has 0 spiro atoms. The summed E-state index contributed by atoms with van der Waals surface area (Å²) in [5.74, 6) is -0.207. The summed E-state index contributed by atoms with van der Waals surface area (Å²) in [6.07, 6.45) is 8.54. The van der Waals surface area contributed by atoms with Crippen molar-refractivity contribution in [2.75, 3.05) is 33.3 Å². The second kappa shape index (κ2) is 8.78. The Balaban J connectivity index is 1.41. The van der Waals surface area contributed by atoms with Crippen LogP contribution in [0, 0.1) is 0 Å². The van der Waals surface area contributed by atoms with E-state index in [2.05, 4.69) is 19.6 Å². The number of hydrogen-bond donors (Lipinski definition) is 1. The summed E-state index contributed by atoms with van der Waals surface area (Å²) < 4.78 is 6.47. The van der Waals surface area contributed by atoms with Crippen molar-refractivity contribution in [3.63, 3.8) is 0 Å². The van der Waals surface area contributed by atoms with Crippen molar-refractivity contribution >= 4 is 5.97 Å². The van der Waals surface area contributed by atoms with Crippen molar-refractivity contribution in [2.24, 2.45) is 0 Å². The van der Waals surface area contributed by atoms with E-state index in [0.29, 0.717) is 19.0 Å². The van der Waals surface area contributed by atoms with E-state index in [4.69, 9.17) is 0 Å². The highest BCUT2D eigenvalue weighted by Gasteiger charge is 2.28. The van der Waals surface area contributed by atoms with Gasteiger partial charge in [-0.2, -0.15) is 5.10 Å². The van der Waals surface area contributed by atoms with E-state index in [1.807, 2.05) is 17.1 Å². The lowest BCUT2D eigenvalue weighted by atomic mass is 9.99. The number of likely N-dealkylation sites (tertiary alicyclic amines) is 2. The van der Waals surface area contributed by atoms with E-state index >= 15 is 0 Å². The van der Waals surface area contributed by atoms with Gasteiger partial charge in [0.2, 0.25) is 0 Å². The number of nitrogens with zero attached hydrogens (tertiary/aromatic N) is 4. The molecule has 3 heterocycles. The molecule has 0 aliphatic carbocycles. The van der Waals surface area contributed by atoms with Crippen LogP contribution in [0.1, 0.15) is 37.7 Å². The van der Waals surface area contributed by atoms with Crippen LogP contribution in [0.3, 0.4) is 0 Å². The fourth-order valence-electron chi connectivity index (χ4n) is 3.93. The number of rotatable bonds is 6. The lowest BCUT2D eigenvalue weighted by Crippen LogP contribution is -2.49. The Kier molecular flexibility index (Phi) is 6.45. The summed E-state index contributed by atoms with van der Waals surface area (Å²) in [6, 6.07) is 0.619. The van der Waals surface area contributed by atoms with E-state index < -0.39 is 0 Å². The number of aromatic nitrogens is 2. The van der Waals surface area contributed by atoms with Gasteiger partial charge >= 0.3 is 5.97 Å². The van der Waals surface area contributed by atoms with E-state index in [9.17, 15) is 9.90 Å². The van der Waals surface area contributed by atoms with E-state index in [0.717, 1.165) is 45.6 Å². The summed E-state index contributed by atoms with van der Waals surface area (Å²) in [5.41, 5.74) is 1.19. The molecule has 2 aliphatic rings. The predicted octanol–water partition coefficient (Wildman–Crippen LogP) is 0.867. The maximum Gasteiger partial charge on any atom is 0.307 e. The molecule has 0 amide bonds. The van der Waals surface area contributed by atoms with Gasteiger partial charge in [-0.15, -0.1) is 0 Å². The molecule has 1 aromatic rings. The zero-order chi connectivity index (χ0) is 17.6. The van der Waals surface area contributed by atoms with Crippen molar-refractivity contribution in [1.82, 2.24) is 19.6 Å². The van der Waals surface area contributed by atoms with Gasteiger partial charge in [0.25, 0.3) is 0 Å². The van der Waals surface area contributed by atoms with Crippen LogP contribution in [-0.4, -0.2) is 76.1 Å². The number of esters is 1. The first-order valence-corrected chi connectivity index (χ1v) is 9.36. The molecule has 3 rings (SSSR count). The number of aryl methyl sites for hydroxylation is 1. The maximum atomic E-state index is 11.2. The molecule has 0 saturated carbocycles. The Morgan fingerprint density at radius 3 is 2.84 bits per heavy atom. The zero-order valence-corrected chi connectivity index (χ0v) is 15.1. The topological polar surface area (TPSA) is 70.8 Å². The monoisotopic (exact) mass is 350 g/mol. The van der Waals surface area contributed by atoms with Gasteiger partial charge in [0, 0.05) is 30.9 Å². The number of aliphatic hydroxyl groups is 1. The number of aliphatic hydroxyl groups excluding tert-OH is 1. The van der Waals surface area contributed by atoms with Gasteiger partial charge in [-0.1, -0.05) is 0 Å². The van der Waals surface area contributed by atoms with Crippen LogP contribution in [0.2, 0.25) is 0 Å². The summed E-state index contributed by atoms with van der Waals surface area (Å²) in [7, 11) is 1.41. The molecule has 0 unspecified atom stereocenters. The quantitative estimate of drug-likeness (QED) is 0.768. The molecule has 2 fully saturated rings. The number of piperidine rings is 2. The molecular weight excluding hydrogens is 320 g/mol. The minimum absolute atomic E-state index is 0.136. The average Bonchev–Trinajstić information content (AvgIpc) is 3.07. The third-order valence-corrected chi connectivity index (χ3v) is 5.37. The second-order valence-electron chi connectivity index (χ2n) is 7.24. The van der Waals surface area contributed by atoms with Crippen LogP contribution in [0.5, 0.6) is 0 Å². The number of ether oxygens (including phenoxy) is 1. The fourth-order valence-corrected chi connectivity index (χ4v) is 3.93. The van der Waals surface area contributed by atoms with Gasteiger partial charge in [0.05, 0.1) is 32.4 Å². The van der Waals surface area contributed by atoms with Gasteiger partial charge in [-0.3, -0.25) is 19.3 Å². The number of β-amino-alcohol motifs (C(OH)–C–C–N with tert-alkyl or cyclic N) is 1. The smallest absolute Gasteiger partial charge is 0.307 e. The van der Waals surface area contributed by atoms with Gasteiger partial charge < -0.3 is 9.84 Å². The lowest BCUT2D eigenvalue weighted by Gasteiger charge is -2.41. The van der Waals surface area contributed by atoms with Crippen LogP contribution >= 0.6 is 0 Å². The lowest BCUT2D eigenvalue weighted by molar-refractivity contribution is -0.140. The largest absolute Gasteiger partial charge is 0.469 e. The van der Waals surface area contributed by atoms with Crippen molar-refractivity contribution in [3.8, 4) is 0 Å². The molecule has 0 aromatic carbocycles. The molecule has 1 aromatic heterocycles. The van der Waals surface area contributed by atoms with Crippen LogP contribution in [0.25, 0.3) is 0 Å². The maximum absolute atomic E-state index is 11.2. The molecule has 0 radical (unpaired) electrons. The average molecular weight is 350 g/mol. The Morgan fingerprint density at radius 2 is 2.12 bits per heavy atom. The minimum atomic E-state index is -0.207. The Morgan fingerprint density at radius 1 is 1.32 bits per heavy atom. The predicted molar refractivity (Wildman–Crippen MR) is 94.0 cm³/mol. The molecular formula is C18H30N4O3. The van der Waals surface area contributed by atoms with Gasteiger partial charge in [-0.25, -0.2) is 0 Å².